The van der Waals surface area contributed by atoms with Crippen molar-refractivity contribution in [3.63, 3.8) is 0 Å². The molecular formula is C21H26N2O4. The number of hydrogen-bond acceptors (Lipinski definition) is 5. The summed E-state index contributed by atoms with van der Waals surface area (Å²) in [6.07, 6.45) is 3.71. The second-order valence-corrected chi connectivity index (χ2v) is 5.73. The van der Waals surface area contributed by atoms with E-state index in [2.05, 4.69) is 17.5 Å². The fraction of sp³-hybridized carbons (Fsp3) is 0.333. The maximum Gasteiger partial charge on any atom is 0.277 e. The number of para-hydroxylation sites is 2. The second-order valence-electron chi connectivity index (χ2n) is 5.73. The van der Waals surface area contributed by atoms with Gasteiger partial charge in [0.05, 0.1) is 19.4 Å². The van der Waals surface area contributed by atoms with Gasteiger partial charge in [-0.3, -0.25) is 4.79 Å². The van der Waals surface area contributed by atoms with Gasteiger partial charge in [-0.05, 0) is 55.3 Å². The average molecular weight is 370 g/mol. The third-order valence-electron chi connectivity index (χ3n) is 3.56. The molecule has 0 aliphatic carbocycles. The van der Waals surface area contributed by atoms with Crippen molar-refractivity contribution >= 4 is 12.1 Å². The number of hydrazone groups is 1. The van der Waals surface area contributed by atoms with Crippen LogP contribution in [0.1, 0.15) is 32.3 Å². The monoisotopic (exact) mass is 370 g/mol. The lowest BCUT2D eigenvalue weighted by Gasteiger charge is -2.10. The highest BCUT2D eigenvalue weighted by Gasteiger charge is 2.06. The van der Waals surface area contributed by atoms with E-state index in [-0.39, 0.29) is 12.5 Å². The smallest absolute Gasteiger partial charge is 0.277 e. The van der Waals surface area contributed by atoms with Gasteiger partial charge in [-0.2, -0.15) is 5.10 Å². The van der Waals surface area contributed by atoms with Crippen LogP contribution >= 0.6 is 0 Å². The minimum Gasteiger partial charge on any atom is -0.494 e. The molecule has 0 atom stereocenters. The van der Waals surface area contributed by atoms with Gasteiger partial charge in [0.1, 0.15) is 5.75 Å². The maximum atomic E-state index is 11.9. The van der Waals surface area contributed by atoms with Crippen LogP contribution in [0, 0.1) is 0 Å². The van der Waals surface area contributed by atoms with Crippen LogP contribution in [0.3, 0.4) is 0 Å². The zero-order valence-corrected chi connectivity index (χ0v) is 15.8. The maximum absolute atomic E-state index is 11.9. The molecule has 0 fully saturated rings. The molecule has 0 aliphatic heterocycles. The lowest BCUT2D eigenvalue weighted by molar-refractivity contribution is -0.123. The van der Waals surface area contributed by atoms with Crippen molar-refractivity contribution in [2.75, 3.05) is 19.8 Å². The van der Waals surface area contributed by atoms with E-state index >= 15 is 0 Å². The summed E-state index contributed by atoms with van der Waals surface area (Å²) in [4.78, 5) is 11.9. The van der Waals surface area contributed by atoms with Gasteiger partial charge in [0.25, 0.3) is 5.91 Å². The lowest BCUT2D eigenvalue weighted by Crippen LogP contribution is -2.24. The van der Waals surface area contributed by atoms with E-state index in [1.807, 2.05) is 43.3 Å². The molecule has 27 heavy (non-hydrogen) atoms. The number of rotatable bonds is 11. The molecule has 0 unspecified atom stereocenters. The Morgan fingerprint density at radius 1 is 1.00 bits per heavy atom. The second kappa shape index (κ2) is 11.6. The molecule has 0 saturated carbocycles. The van der Waals surface area contributed by atoms with Crippen LogP contribution in [0.15, 0.2) is 53.6 Å². The molecular weight excluding hydrogens is 344 g/mol. The first-order valence-electron chi connectivity index (χ1n) is 9.12. The Morgan fingerprint density at radius 3 is 2.37 bits per heavy atom. The molecule has 2 aromatic rings. The summed E-state index contributed by atoms with van der Waals surface area (Å²) in [6, 6.07) is 14.7. The molecule has 1 amide bonds. The van der Waals surface area contributed by atoms with Crippen LogP contribution in [0.25, 0.3) is 0 Å². The molecule has 0 bridgehead atoms. The number of benzene rings is 2. The molecule has 0 aromatic heterocycles. The topological polar surface area (TPSA) is 69.2 Å². The summed E-state index contributed by atoms with van der Waals surface area (Å²) in [5, 5.41) is 3.94. The fourth-order valence-electron chi connectivity index (χ4n) is 2.18. The van der Waals surface area contributed by atoms with Crippen LogP contribution in [0.5, 0.6) is 17.2 Å². The molecule has 144 valence electrons. The predicted octanol–water partition coefficient (Wildman–Crippen LogP) is 3.79. The average Bonchev–Trinajstić information content (AvgIpc) is 2.69. The fourth-order valence-corrected chi connectivity index (χ4v) is 2.18. The number of nitrogens with zero attached hydrogens (tertiary/aromatic N) is 1. The van der Waals surface area contributed by atoms with Crippen molar-refractivity contribution in [2.45, 2.75) is 26.7 Å². The minimum absolute atomic E-state index is 0.147. The largest absolute Gasteiger partial charge is 0.494 e. The first-order valence-corrected chi connectivity index (χ1v) is 9.12. The molecule has 2 aromatic carbocycles. The van der Waals surface area contributed by atoms with Gasteiger partial charge < -0.3 is 14.2 Å². The van der Waals surface area contributed by atoms with Crippen LogP contribution in [0.2, 0.25) is 0 Å². The highest BCUT2D eigenvalue weighted by atomic mass is 16.5. The normalized spacial score (nSPS) is 10.6. The number of amides is 1. The Kier molecular flexibility index (Phi) is 8.69. The third kappa shape index (κ3) is 7.40. The van der Waals surface area contributed by atoms with Gasteiger partial charge in [0.15, 0.2) is 18.1 Å². The summed E-state index contributed by atoms with van der Waals surface area (Å²) in [6.45, 7) is 5.11. The standard InChI is InChI=1S/C21H26N2O4/c1-3-5-14-26-18-12-10-17(11-13-18)15-22-23-21(24)16-27-20-9-7-6-8-19(20)25-4-2/h6-13,15H,3-5,14,16H2,1-2H3,(H,23,24)/b22-15+. The number of unbranched alkanes of at least 4 members (excludes halogenated alkanes) is 1. The number of hydrogen-bond donors (Lipinski definition) is 1. The van der Waals surface area contributed by atoms with Gasteiger partial charge in [-0.1, -0.05) is 25.5 Å². The van der Waals surface area contributed by atoms with Gasteiger partial charge in [0, 0.05) is 0 Å². The van der Waals surface area contributed by atoms with Gasteiger partial charge in [0.2, 0.25) is 0 Å². The molecule has 0 heterocycles. The summed E-state index contributed by atoms with van der Waals surface area (Å²) in [7, 11) is 0. The third-order valence-corrected chi connectivity index (χ3v) is 3.56. The Bertz CT molecular complexity index is 729. The summed E-state index contributed by atoms with van der Waals surface area (Å²) >= 11 is 0. The number of carbonyl (C=O) groups is 1. The van der Waals surface area contributed by atoms with Crippen LogP contribution < -0.4 is 19.6 Å². The predicted molar refractivity (Wildman–Crippen MR) is 106 cm³/mol. The highest BCUT2D eigenvalue weighted by molar-refractivity contribution is 5.83. The highest BCUT2D eigenvalue weighted by Crippen LogP contribution is 2.26. The molecule has 1 N–H and O–H groups in total. The molecule has 0 spiro atoms. The minimum atomic E-state index is -0.350. The van der Waals surface area contributed by atoms with Gasteiger partial charge in [-0.25, -0.2) is 5.43 Å². The summed E-state index contributed by atoms with van der Waals surface area (Å²) in [5.74, 6) is 1.61. The van der Waals surface area contributed by atoms with E-state index in [0.717, 1.165) is 24.2 Å². The van der Waals surface area contributed by atoms with Crippen molar-refractivity contribution in [1.29, 1.82) is 0 Å². The Morgan fingerprint density at radius 2 is 1.70 bits per heavy atom. The van der Waals surface area contributed by atoms with Gasteiger partial charge in [-0.15, -0.1) is 0 Å². The van der Waals surface area contributed by atoms with Crippen LogP contribution in [0.4, 0.5) is 0 Å². The summed E-state index contributed by atoms with van der Waals surface area (Å²) < 4.78 is 16.5. The number of ether oxygens (including phenoxy) is 3. The van der Waals surface area contributed by atoms with E-state index in [1.165, 1.54) is 0 Å². The van der Waals surface area contributed by atoms with Crippen LogP contribution in [-0.4, -0.2) is 31.9 Å². The van der Waals surface area contributed by atoms with Crippen molar-refractivity contribution in [3.8, 4) is 17.2 Å². The lowest BCUT2D eigenvalue weighted by atomic mass is 10.2. The molecule has 0 saturated heterocycles. The van der Waals surface area contributed by atoms with E-state index < -0.39 is 0 Å². The van der Waals surface area contributed by atoms with Gasteiger partial charge >= 0.3 is 0 Å². The summed E-state index contributed by atoms with van der Waals surface area (Å²) in [5.41, 5.74) is 3.30. The SMILES string of the molecule is CCCCOc1ccc(/C=N/NC(=O)COc2ccccc2OCC)cc1. The van der Waals surface area contributed by atoms with E-state index in [9.17, 15) is 4.79 Å². The Labute approximate surface area is 160 Å². The van der Waals surface area contributed by atoms with Crippen molar-refractivity contribution < 1.29 is 19.0 Å². The zero-order valence-electron chi connectivity index (χ0n) is 15.8. The quantitative estimate of drug-likeness (QED) is 0.371. The molecule has 6 nitrogen and oxygen atoms in total. The zero-order chi connectivity index (χ0) is 19.3. The van der Waals surface area contributed by atoms with E-state index in [1.54, 1.807) is 18.3 Å². The van der Waals surface area contributed by atoms with E-state index in [4.69, 9.17) is 14.2 Å². The molecule has 0 radical (unpaired) electrons. The first kappa shape index (κ1) is 20.3. The van der Waals surface area contributed by atoms with E-state index in [0.29, 0.717) is 24.7 Å². The van der Waals surface area contributed by atoms with Crippen molar-refractivity contribution in [1.82, 2.24) is 5.43 Å². The molecule has 0 aliphatic rings. The number of nitrogens with one attached hydrogen (secondary N) is 1. The van der Waals surface area contributed by atoms with Crippen molar-refractivity contribution in [3.05, 3.63) is 54.1 Å². The molecule has 6 heteroatoms. The number of carbonyl (C=O) groups excluding carboxylic acids is 1. The Balaban J connectivity index is 1.76. The Hall–Kier alpha value is -3.02. The van der Waals surface area contributed by atoms with Crippen LogP contribution in [-0.2, 0) is 4.79 Å². The van der Waals surface area contributed by atoms with Crippen molar-refractivity contribution in [2.24, 2.45) is 5.10 Å². The first-order chi connectivity index (χ1) is 13.2. The molecule has 2 rings (SSSR count).